The van der Waals surface area contributed by atoms with E-state index in [1.54, 1.807) is 32.6 Å². The topological polar surface area (TPSA) is 169 Å². The number of ether oxygens (including phenoxy) is 2. The fraction of sp³-hybridized carbons (Fsp3) is 0.643. The van der Waals surface area contributed by atoms with Gasteiger partial charge in [0.15, 0.2) is 5.78 Å². The van der Waals surface area contributed by atoms with Crippen LogP contribution in [0.15, 0.2) is 36.4 Å². The maximum absolute atomic E-state index is 14.8. The Morgan fingerprint density at radius 3 is 2.55 bits per heavy atom. The van der Waals surface area contributed by atoms with Gasteiger partial charge >= 0.3 is 5.97 Å². The highest BCUT2D eigenvalue weighted by molar-refractivity contribution is 7.91. The number of aromatic nitrogens is 1. The number of para-hydroxylation sites is 1. The van der Waals surface area contributed by atoms with Crippen LogP contribution in [-0.2, 0) is 47.0 Å². The number of aliphatic hydroxyl groups excluding tert-OH is 1. The third-order valence-corrected chi connectivity index (χ3v) is 14.7. The predicted molar refractivity (Wildman–Crippen MR) is 205 cm³/mol. The molecule has 0 bridgehead atoms. The summed E-state index contributed by atoms with van der Waals surface area (Å²) >= 11 is 0. The van der Waals surface area contributed by atoms with E-state index in [1.165, 1.54) is 0 Å². The van der Waals surface area contributed by atoms with Gasteiger partial charge in [-0.15, -0.1) is 0 Å². The van der Waals surface area contributed by atoms with E-state index in [9.17, 15) is 32.7 Å². The van der Waals surface area contributed by atoms with Crippen molar-refractivity contribution in [2.24, 2.45) is 17.3 Å². The smallest absolute Gasteiger partial charge is 0.307 e. The molecule has 5 atom stereocenters. The number of sulfonamides is 1. The summed E-state index contributed by atoms with van der Waals surface area (Å²) in [6.45, 7) is 6.67. The van der Waals surface area contributed by atoms with Gasteiger partial charge in [-0.3, -0.25) is 23.9 Å². The molecule has 0 radical (unpaired) electrons. The second-order valence-corrected chi connectivity index (χ2v) is 20.1. The maximum Gasteiger partial charge on any atom is 0.307 e. The van der Waals surface area contributed by atoms with E-state index in [1.807, 2.05) is 36.4 Å². The van der Waals surface area contributed by atoms with Crippen LogP contribution < -0.4 is 9.46 Å². The lowest BCUT2D eigenvalue weighted by Crippen LogP contribution is -2.48. The summed E-state index contributed by atoms with van der Waals surface area (Å²) in [4.78, 5) is 63.1. The number of hydrogen-bond donors (Lipinski definition) is 2. The zero-order valence-corrected chi connectivity index (χ0v) is 33.3. The molecular formula is C42H55N3O9S. The minimum atomic E-state index is -3.95. The summed E-state index contributed by atoms with van der Waals surface area (Å²) < 4.78 is 40.4. The first-order chi connectivity index (χ1) is 26.0. The Kier molecular flexibility index (Phi) is 10.4. The van der Waals surface area contributed by atoms with Crippen LogP contribution in [0.25, 0.3) is 10.9 Å². The number of esters is 1. The summed E-state index contributed by atoms with van der Waals surface area (Å²) in [6, 6.07) is 6.68. The molecule has 298 valence electrons. The molecule has 2 amide bonds. The third-order valence-electron chi connectivity index (χ3n) is 12.5. The van der Waals surface area contributed by atoms with Gasteiger partial charge in [0.1, 0.15) is 22.6 Å². The van der Waals surface area contributed by atoms with E-state index < -0.39 is 55.2 Å². The molecule has 3 aliphatic heterocycles. The van der Waals surface area contributed by atoms with Gasteiger partial charge in [-0.2, -0.15) is 0 Å². The molecule has 55 heavy (non-hydrogen) atoms. The molecule has 2 N–H and O–H groups in total. The molecule has 1 aromatic heterocycles. The lowest BCUT2D eigenvalue weighted by atomic mass is 9.85. The van der Waals surface area contributed by atoms with Crippen LogP contribution in [-0.4, -0.2) is 75.5 Å². The number of fused-ring (bicyclic) bond motifs is 5. The normalized spacial score (nSPS) is 30.1. The first-order valence-corrected chi connectivity index (χ1v) is 21.5. The van der Waals surface area contributed by atoms with Gasteiger partial charge in [0.25, 0.3) is 0 Å². The van der Waals surface area contributed by atoms with E-state index in [4.69, 9.17) is 9.47 Å². The highest BCUT2D eigenvalue weighted by atomic mass is 32.2. The molecule has 3 fully saturated rings. The SMILES string of the molecule is CC(C)(C)OC(=O)C[C@H]1CCCCCC/C=C\[C@@H]2C[C@@]2(C(=O)NS(=O)(=O)C2(C)CC2)CC(=O)[C@@H]2C[C@]3(CCc4c(c(CO)nc5ccccc45)O3)CN2C1=O. The molecule has 2 aliphatic carbocycles. The molecule has 1 spiro atoms. The number of benzene rings is 1. The molecule has 4 heterocycles. The van der Waals surface area contributed by atoms with Crippen molar-refractivity contribution in [1.29, 1.82) is 0 Å². The first kappa shape index (κ1) is 39.4. The van der Waals surface area contributed by atoms with Gasteiger partial charge in [-0.1, -0.05) is 49.6 Å². The predicted octanol–water partition coefficient (Wildman–Crippen LogP) is 5.61. The van der Waals surface area contributed by atoms with Crippen molar-refractivity contribution in [2.45, 2.75) is 146 Å². The second-order valence-electron chi connectivity index (χ2n) is 17.9. The van der Waals surface area contributed by atoms with Crippen LogP contribution in [0.3, 0.4) is 0 Å². The monoisotopic (exact) mass is 777 g/mol. The average molecular weight is 778 g/mol. The van der Waals surface area contributed by atoms with Crippen LogP contribution in [0.5, 0.6) is 5.75 Å². The zero-order chi connectivity index (χ0) is 39.4. The van der Waals surface area contributed by atoms with Gasteiger partial charge in [-0.25, -0.2) is 13.4 Å². The van der Waals surface area contributed by atoms with Gasteiger partial charge < -0.3 is 19.5 Å². The molecular weight excluding hydrogens is 723 g/mol. The van der Waals surface area contributed by atoms with Crippen molar-refractivity contribution < 1.29 is 42.2 Å². The van der Waals surface area contributed by atoms with Crippen LogP contribution in [0, 0.1) is 17.3 Å². The van der Waals surface area contributed by atoms with E-state index in [2.05, 4.69) is 9.71 Å². The zero-order valence-electron chi connectivity index (χ0n) is 32.5. The van der Waals surface area contributed by atoms with Gasteiger partial charge in [0.05, 0.1) is 41.3 Å². The number of aryl methyl sites for hydroxylation is 1. The fourth-order valence-corrected chi connectivity index (χ4v) is 10.2. The highest BCUT2D eigenvalue weighted by Gasteiger charge is 2.63. The number of rotatable bonds is 6. The number of pyridine rings is 1. The van der Waals surface area contributed by atoms with Crippen molar-refractivity contribution in [2.75, 3.05) is 6.54 Å². The lowest BCUT2D eigenvalue weighted by Gasteiger charge is -2.37. The van der Waals surface area contributed by atoms with E-state index in [0.29, 0.717) is 50.0 Å². The number of allylic oxidation sites excluding steroid dienone is 2. The Morgan fingerprint density at radius 2 is 1.82 bits per heavy atom. The van der Waals surface area contributed by atoms with Crippen molar-refractivity contribution in [3.8, 4) is 5.75 Å². The minimum absolute atomic E-state index is 0.0689. The summed E-state index contributed by atoms with van der Waals surface area (Å²) in [6.07, 6.45) is 10.6. The van der Waals surface area contributed by atoms with E-state index in [0.717, 1.165) is 48.6 Å². The van der Waals surface area contributed by atoms with Gasteiger partial charge in [0.2, 0.25) is 21.8 Å². The average Bonchev–Trinajstić information content (AvgIpc) is 4.02. The molecule has 2 saturated carbocycles. The number of Topliss-reactive ketones (excluding diaryl/α,β-unsaturated/α-hetero) is 1. The third kappa shape index (κ3) is 7.93. The number of aliphatic hydroxyl groups is 1. The van der Waals surface area contributed by atoms with Crippen molar-refractivity contribution in [3.05, 3.63) is 47.7 Å². The Morgan fingerprint density at radius 1 is 1.07 bits per heavy atom. The number of hydrogen-bond acceptors (Lipinski definition) is 10. The molecule has 7 rings (SSSR count). The van der Waals surface area contributed by atoms with Crippen LogP contribution >= 0.6 is 0 Å². The van der Waals surface area contributed by atoms with Crippen molar-refractivity contribution >= 4 is 44.5 Å². The number of nitrogens with one attached hydrogen (secondary N) is 1. The number of nitrogens with zero attached hydrogens (tertiary/aromatic N) is 2. The summed E-state index contributed by atoms with van der Waals surface area (Å²) in [5.74, 6) is -2.45. The molecule has 1 aromatic carbocycles. The number of carbonyl (C=O) groups excluding carboxylic acids is 4. The Hall–Kier alpha value is -3.84. The lowest BCUT2D eigenvalue weighted by molar-refractivity contribution is -0.159. The fourth-order valence-electron chi connectivity index (χ4n) is 8.89. The standard InChI is InChI=1S/C42H55N3O9S/c1-39(2,3)53-35(48)21-27-13-9-7-5-6-8-10-14-28-22-42(28,38(50)44-55(51,52)40(4)19-20-40)24-34(47)33-23-41(26-45(33)37(27)49)18-17-30-29-15-11-12-16-31(29)43-32(25-46)36(30)54-41/h10-12,14-16,27-28,33,46H,5-9,13,17-26H2,1-4H3,(H,44,50)/b14-10-/t27-,28-,33+,41-,42-/m1/s1. The van der Waals surface area contributed by atoms with Crippen LogP contribution in [0.1, 0.15) is 122 Å². The van der Waals surface area contributed by atoms with Crippen molar-refractivity contribution in [3.63, 3.8) is 0 Å². The Balaban J connectivity index is 1.24. The van der Waals surface area contributed by atoms with Crippen LogP contribution in [0.4, 0.5) is 0 Å². The molecule has 1 saturated heterocycles. The highest BCUT2D eigenvalue weighted by Crippen LogP contribution is 2.58. The number of ketones is 1. The molecule has 12 nitrogen and oxygen atoms in total. The summed E-state index contributed by atoms with van der Waals surface area (Å²) in [5.41, 5.74) is -0.981. The molecule has 2 aromatic rings. The molecule has 0 unspecified atom stereocenters. The largest absolute Gasteiger partial charge is 0.483 e. The number of carbonyl (C=O) groups is 4. The van der Waals surface area contributed by atoms with Gasteiger partial charge in [0, 0.05) is 29.7 Å². The van der Waals surface area contributed by atoms with Crippen LogP contribution in [0.2, 0.25) is 0 Å². The first-order valence-electron chi connectivity index (χ1n) is 20.0. The minimum Gasteiger partial charge on any atom is -0.483 e. The van der Waals surface area contributed by atoms with Crippen molar-refractivity contribution in [1.82, 2.24) is 14.6 Å². The number of amides is 2. The quantitative estimate of drug-likeness (QED) is 0.278. The van der Waals surface area contributed by atoms with E-state index in [-0.39, 0.29) is 50.0 Å². The van der Waals surface area contributed by atoms with E-state index >= 15 is 0 Å². The van der Waals surface area contributed by atoms with Gasteiger partial charge in [-0.05, 0) is 91.0 Å². The maximum atomic E-state index is 14.8. The molecule has 13 heteroatoms. The Bertz CT molecular complexity index is 2020. The summed E-state index contributed by atoms with van der Waals surface area (Å²) in [5, 5.41) is 11.3. The Labute approximate surface area is 323 Å². The molecule has 5 aliphatic rings. The second kappa shape index (κ2) is 14.6. The summed E-state index contributed by atoms with van der Waals surface area (Å²) in [7, 11) is -3.95.